The van der Waals surface area contributed by atoms with E-state index in [9.17, 15) is 9.00 Å². The van der Waals surface area contributed by atoms with Crippen molar-refractivity contribution in [3.8, 4) is 0 Å². The monoisotopic (exact) mass is 420 g/mol. The summed E-state index contributed by atoms with van der Waals surface area (Å²) in [7, 11) is -1.15. The summed E-state index contributed by atoms with van der Waals surface area (Å²) in [5, 5.41) is 0. The first-order valence-corrected chi connectivity index (χ1v) is 11.7. The molecule has 0 unspecified atom stereocenters. The van der Waals surface area contributed by atoms with Gasteiger partial charge in [-0.2, -0.15) is 0 Å². The van der Waals surface area contributed by atoms with Crippen LogP contribution in [0.3, 0.4) is 0 Å². The van der Waals surface area contributed by atoms with Gasteiger partial charge in [0.25, 0.3) is 0 Å². The highest BCUT2D eigenvalue weighted by Gasteiger charge is 2.49. The summed E-state index contributed by atoms with van der Waals surface area (Å²) in [5.41, 5.74) is 3.33. The lowest BCUT2D eigenvalue weighted by atomic mass is 9.73. The van der Waals surface area contributed by atoms with Crippen LogP contribution in [0.4, 0.5) is 4.79 Å². The van der Waals surface area contributed by atoms with Gasteiger partial charge in [-0.15, -0.1) is 0 Å². The van der Waals surface area contributed by atoms with E-state index in [1.54, 1.807) is 0 Å². The number of carbonyl (C=O) groups excluding carboxylic acids is 1. The zero-order chi connectivity index (χ0) is 21.6. The Kier molecular flexibility index (Phi) is 5.91. The van der Waals surface area contributed by atoms with E-state index in [2.05, 4.69) is 29.8 Å². The molecule has 0 aromatic heterocycles. The van der Waals surface area contributed by atoms with Gasteiger partial charge in [0.15, 0.2) is 0 Å². The summed E-state index contributed by atoms with van der Waals surface area (Å²) in [6, 6.07) is 6.65. The molecule has 0 radical (unpaired) electrons. The molecule has 2 atom stereocenters. The number of nitrogens with zero attached hydrogens (tertiary/aromatic N) is 1. The lowest BCUT2D eigenvalue weighted by Gasteiger charge is -2.44. The predicted octanol–water partition coefficient (Wildman–Crippen LogP) is 4.66. The second kappa shape index (κ2) is 7.69. The summed E-state index contributed by atoms with van der Waals surface area (Å²) in [6.45, 7) is 15.1. The van der Waals surface area contributed by atoms with E-state index in [4.69, 9.17) is 4.74 Å². The maximum absolute atomic E-state index is 13.0. The van der Waals surface area contributed by atoms with Gasteiger partial charge in [-0.3, -0.25) is 0 Å². The summed E-state index contributed by atoms with van der Waals surface area (Å²) in [5.74, 6) is 0. The molecule has 1 saturated heterocycles. The summed E-state index contributed by atoms with van der Waals surface area (Å²) in [4.78, 5) is 14.3. The SMILES string of the molecule is Cc1ccc2c(c1)[C@H](N[S@](=O)C(C)(C)C)C1(CCN(C(=O)OC(C)(C)C)CC1)C2. The van der Waals surface area contributed by atoms with Crippen LogP contribution < -0.4 is 4.72 Å². The van der Waals surface area contributed by atoms with Crippen LogP contribution in [-0.2, 0) is 22.1 Å². The molecule has 5 nitrogen and oxygen atoms in total. The molecule has 1 aromatic carbocycles. The maximum Gasteiger partial charge on any atom is 0.410 e. The first-order valence-electron chi connectivity index (χ1n) is 10.6. The van der Waals surface area contributed by atoms with E-state index in [0.29, 0.717) is 13.1 Å². The molecule has 1 aliphatic carbocycles. The van der Waals surface area contributed by atoms with Gasteiger partial charge in [-0.05, 0) is 84.3 Å². The fourth-order valence-electron chi connectivity index (χ4n) is 4.35. The van der Waals surface area contributed by atoms with Crippen LogP contribution in [0.25, 0.3) is 0 Å². The lowest BCUT2D eigenvalue weighted by Crippen LogP contribution is -2.49. The van der Waals surface area contributed by atoms with Crippen LogP contribution >= 0.6 is 0 Å². The molecular weight excluding hydrogens is 384 g/mol. The fraction of sp³-hybridized carbons (Fsp3) is 0.696. The normalized spacial score (nSPS) is 22.4. The number of hydrogen-bond acceptors (Lipinski definition) is 3. The summed E-state index contributed by atoms with van der Waals surface area (Å²) in [6.07, 6.45) is 2.48. The van der Waals surface area contributed by atoms with Crippen LogP contribution in [-0.4, -0.2) is 38.6 Å². The molecule has 2 aliphatic rings. The first-order chi connectivity index (χ1) is 13.3. The molecule has 29 heavy (non-hydrogen) atoms. The second-order valence-corrected chi connectivity index (χ2v) is 12.6. The van der Waals surface area contributed by atoms with Crippen molar-refractivity contribution in [1.29, 1.82) is 0 Å². The zero-order valence-electron chi connectivity index (χ0n) is 18.9. The molecule has 3 rings (SSSR count). The predicted molar refractivity (Wildman–Crippen MR) is 118 cm³/mol. The molecule has 1 heterocycles. The summed E-state index contributed by atoms with van der Waals surface area (Å²) >= 11 is 0. The largest absolute Gasteiger partial charge is 0.444 e. The molecule has 162 valence electrons. The number of ether oxygens (including phenoxy) is 1. The van der Waals surface area contributed by atoms with Crippen molar-refractivity contribution in [3.63, 3.8) is 0 Å². The van der Waals surface area contributed by atoms with Gasteiger partial charge in [-0.25, -0.2) is 13.7 Å². The Labute approximate surface area is 178 Å². The molecule has 1 aliphatic heterocycles. The fourth-order valence-corrected chi connectivity index (χ4v) is 5.30. The van der Waals surface area contributed by atoms with Gasteiger partial charge in [0.1, 0.15) is 5.60 Å². The second-order valence-electron chi connectivity index (χ2n) is 10.6. The van der Waals surface area contributed by atoms with Crippen LogP contribution in [0.2, 0.25) is 0 Å². The Morgan fingerprint density at radius 1 is 1.17 bits per heavy atom. The van der Waals surface area contributed by atoms with E-state index >= 15 is 0 Å². The van der Waals surface area contributed by atoms with Gasteiger partial charge in [0.05, 0.1) is 21.8 Å². The average Bonchev–Trinajstić information content (AvgIpc) is 2.86. The van der Waals surface area contributed by atoms with Crippen molar-refractivity contribution in [2.75, 3.05) is 13.1 Å². The van der Waals surface area contributed by atoms with Crippen LogP contribution in [0.15, 0.2) is 18.2 Å². The van der Waals surface area contributed by atoms with Gasteiger partial charge in [-0.1, -0.05) is 23.8 Å². The topological polar surface area (TPSA) is 58.6 Å². The number of piperidine rings is 1. The van der Waals surface area contributed by atoms with Crippen molar-refractivity contribution < 1.29 is 13.7 Å². The maximum atomic E-state index is 13.0. The highest BCUT2D eigenvalue weighted by Crippen LogP contribution is 2.52. The van der Waals surface area contributed by atoms with E-state index < -0.39 is 16.6 Å². The van der Waals surface area contributed by atoms with Crippen molar-refractivity contribution in [3.05, 3.63) is 34.9 Å². The molecule has 1 aromatic rings. The van der Waals surface area contributed by atoms with E-state index in [1.165, 1.54) is 16.7 Å². The Hall–Kier alpha value is -1.40. The summed E-state index contributed by atoms with van der Waals surface area (Å²) < 4.78 is 21.7. The Morgan fingerprint density at radius 3 is 2.34 bits per heavy atom. The standard InChI is InChI=1S/C23H36N2O3S/c1-16-8-9-17-15-23(19(18(17)14-16)24-29(27)22(5,6)7)10-12-25(13-11-23)20(26)28-21(2,3)4/h8-9,14,19,24H,10-13,15H2,1-7H3/t19-,29+/m0/s1. The number of amides is 1. The Bertz CT molecular complexity index is 799. The number of nitrogens with one attached hydrogen (secondary N) is 1. The van der Waals surface area contributed by atoms with E-state index in [0.717, 1.165) is 19.3 Å². The molecule has 1 N–H and O–H groups in total. The average molecular weight is 421 g/mol. The van der Waals surface area contributed by atoms with E-state index in [-0.39, 0.29) is 22.3 Å². The smallest absolute Gasteiger partial charge is 0.410 e. The molecule has 1 fully saturated rings. The number of hydrogen-bond donors (Lipinski definition) is 1. The van der Waals surface area contributed by atoms with Gasteiger partial charge in [0.2, 0.25) is 0 Å². The first kappa shape index (κ1) is 22.3. The van der Waals surface area contributed by atoms with E-state index in [1.807, 2.05) is 46.4 Å². The minimum Gasteiger partial charge on any atom is -0.444 e. The third kappa shape index (κ3) is 4.85. The lowest BCUT2D eigenvalue weighted by molar-refractivity contribution is 0.00724. The van der Waals surface area contributed by atoms with Crippen LogP contribution in [0.5, 0.6) is 0 Å². The molecule has 1 amide bonds. The third-order valence-electron chi connectivity index (χ3n) is 5.96. The number of likely N-dealkylation sites (tertiary alicyclic amines) is 1. The number of rotatable bonds is 2. The molecule has 0 saturated carbocycles. The van der Waals surface area contributed by atoms with Crippen LogP contribution in [0.1, 0.15) is 77.1 Å². The van der Waals surface area contributed by atoms with Crippen molar-refractivity contribution in [1.82, 2.24) is 9.62 Å². The molecule has 6 heteroatoms. The Morgan fingerprint density at radius 2 is 1.79 bits per heavy atom. The van der Waals surface area contributed by atoms with Crippen LogP contribution in [0, 0.1) is 12.3 Å². The third-order valence-corrected chi connectivity index (χ3v) is 7.52. The highest BCUT2D eigenvalue weighted by atomic mass is 32.2. The van der Waals surface area contributed by atoms with Crippen molar-refractivity contribution in [2.24, 2.45) is 5.41 Å². The highest BCUT2D eigenvalue weighted by molar-refractivity contribution is 7.84. The molecular formula is C23H36N2O3S. The quantitative estimate of drug-likeness (QED) is 0.757. The minimum absolute atomic E-state index is 0.0183. The van der Waals surface area contributed by atoms with Gasteiger partial charge in [0, 0.05) is 13.1 Å². The van der Waals surface area contributed by atoms with Gasteiger partial charge >= 0.3 is 6.09 Å². The zero-order valence-corrected chi connectivity index (χ0v) is 19.7. The number of benzene rings is 1. The minimum atomic E-state index is -1.15. The number of aryl methyl sites for hydroxylation is 1. The van der Waals surface area contributed by atoms with Crippen molar-refractivity contribution in [2.45, 2.75) is 84.1 Å². The van der Waals surface area contributed by atoms with Gasteiger partial charge < -0.3 is 9.64 Å². The number of carbonyl (C=O) groups is 1. The molecule has 1 spiro atoms. The Balaban J connectivity index is 1.82. The number of fused-ring (bicyclic) bond motifs is 1. The molecule has 0 bridgehead atoms. The van der Waals surface area contributed by atoms with Crippen molar-refractivity contribution >= 4 is 17.1 Å².